The van der Waals surface area contributed by atoms with Crippen molar-refractivity contribution in [2.45, 2.75) is 54.3 Å². The highest BCUT2D eigenvalue weighted by Gasteiger charge is 2.81. The number of carbonyl (C=O) groups excluding carboxylic acids is 1. The molecule has 0 aromatic heterocycles. The highest BCUT2D eigenvalue weighted by Crippen LogP contribution is 2.70. The summed E-state index contributed by atoms with van der Waals surface area (Å²) in [6.45, 7) is 0.944. The van der Waals surface area contributed by atoms with Crippen LogP contribution in [0.5, 0.6) is 23.0 Å². The van der Waals surface area contributed by atoms with E-state index in [0.29, 0.717) is 35.7 Å². The van der Waals surface area contributed by atoms with Crippen LogP contribution in [-0.2, 0) is 29.2 Å². The van der Waals surface area contributed by atoms with Gasteiger partial charge in [0.2, 0.25) is 12.6 Å². The lowest BCUT2D eigenvalue weighted by Crippen LogP contribution is -2.77. The number of hydrogen-bond donors (Lipinski definition) is 2. The highest BCUT2D eigenvalue weighted by molar-refractivity contribution is 5.87. The van der Waals surface area contributed by atoms with Gasteiger partial charge in [0.05, 0.1) is 18.8 Å². The smallest absolute Gasteiger partial charge is 0.331 e. The zero-order valence-corrected chi connectivity index (χ0v) is 22.0. The lowest BCUT2D eigenvalue weighted by atomic mass is 9.51. The summed E-state index contributed by atoms with van der Waals surface area (Å²) in [6, 6.07) is 8.99. The van der Waals surface area contributed by atoms with Crippen LogP contribution < -0.4 is 19.5 Å². The van der Waals surface area contributed by atoms with Gasteiger partial charge < -0.3 is 43.6 Å². The summed E-state index contributed by atoms with van der Waals surface area (Å²) in [7, 11) is 4.70. The highest BCUT2D eigenvalue weighted by atomic mass is 16.7. The van der Waals surface area contributed by atoms with Crippen LogP contribution in [0.1, 0.15) is 42.1 Å². The number of phenols is 1. The minimum Gasteiger partial charge on any atom is -0.504 e. The van der Waals surface area contributed by atoms with Gasteiger partial charge in [-0.15, -0.1) is 0 Å². The number of methoxy groups -OCH3 is 3. The third-order valence-corrected chi connectivity index (χ3v) is 9.31. The lowest BCUT2D eigenvalue weighted by Gasteiger charge is -2.59. The first-order chi connectivity index (χ1) is 18.9. The molecule has 2 bridgehead atoms. The van der Waals surface area contributed by atoms with E-state index in [1.807, 2.05) is 6.07 Å². The number of ether oxygens (including phenoxy) is 7. The molecule has 2 N–H and O–H groups in total. The Labute approximate surface area is 225 Å². The Bertz CT molecular complexity index is 1380. The van der Waals surface area contributed by atoms with Crippen molar-refractivity contribution in [2.24, 2.45) is 0 Å². The Morgan fingerprint density at radius 1 is 1.13 bits per heavy atom. The minimum atomic E-state index is -1.19. The molecule has 2 aromatic rings. The predicted octanol–water partition coefficient (Wildman–Crippen LogP) is 2.96. The molecule has 206 valence electrons. The summed E-state index contributed by atoms with van der Waals surface area (Å²) in [6.07, 6.45) is 3.39. The standard InChI is InChI=1S/C29H31NO9/c1-33-20-6-4-16(10-19(20)31)5-7-25(32)38-24-13-27-8-9-30-28(27)14-23(39-29(28,35-3)26(24)34-2)17-11-21-22(12-18(17)27)37-15-36-21/h4-7,10-12,23-24,26,30-31H,8-9,13-15H2,1-3H3/b7-5+/t23-,24-,26-,27-,28-,29+/m0/s1. The van der Waals surface area contributed by atoms with Gasteiger partial charge in [0.25, 0.3) is 0 Å². The monoisotopic (exact) mass is 537 g/mol. The predicted molar refractivity (Wildman–Crippen MR) is 137 cm³/mol. The molecule has 0 radical (unpaired) electrons. The Kier molecular flexibility index (Phi) is 5.44. The molecule has 1 spiro atoms. The van der Waals surface area contributed by atoms with Crippen molar-refractivity contribution in [1.29, 1.82) is 0 Å². The summed E-state index contributed by atoms with van der Waals surface area (Å²) >= 11 is 0. The van der Waals surface area contributed by atoms with E-state index < -0.39 is 34.9 Å². The molecule has 0 unspecified atom stereocenters. The van der Waals surface area contributed by atoms with E-state index in [1.54, 1.807) is 32.4 Å². The second kappa shape index (κ2) is 8.59. The molecule has 2 aromatic carbocycles. The van der Waals surface area contributed by atoms with Crippen LogP contribution in [-0.4, -0.2) is 69.3 Å². The van der Waals surface area contributed by atoms with Crippen LogP contribution >= 0.6 is 0 Å². The Balaban J connectivity index is 1.26. The number of rotatable bonds is 6. The maximum absolute atomic E-state index is 13.1. The van der Waals surface area contributed by atoms with Gasteiger partial charge in [-0.25, -0.2) is 4.79 Å². The normalized spacial score (nSPS) is 35.1. The molecule has 6 atom stereocenters. The number of aromatic hydroxyl groups is 1. The van der Waals surface area contributed by atoms with Gasteiger partial charge in [-0.05, 0) is 66.4 Å². The fourth-order valence-corrected chi connectivity index (χ4v) is 7.85. The van der Waals surface area contributed by atoms with E-state index in [0.717, 1.165) is 24.1 Å². The van der Waals surface area contributed by atoms with Gasteiger partial charge in [0, 0.05) is 32.1 Å². The number of carbonyl (C=O) groups is 1. The van der Waals surface area contributed by atoms with Crippen molar-refractivity contribution in [1.82, 2.24) is 5.32 Å². The van der Waals surface area contributed by atoms with Crippen molar-refractivity contribution in [2.75, 3.05) is 34.7 Å². The van der Waals surface area contributed by atoms with Gasteiger partial charge in [-0.1, -0.05) is 6.07 Å². The van der Waals surface area contributed by atoms with Gasteiger partial charge in [0.1, 0.15) is 12.2 Å². The molecule has 3 aliphatic heterocycles. The third kappa shape index (κ3) is 3.14. The lowest BCUT2D eigenvalue weighted by molar-refractivity contribution is -0.328. The van der Waals surface area contributed by atoms with Gasteiger partial charge >= 0.3 is 5.97 Å². The van der Waals surface area contributed by atoms with Crippen molar-refractivity contribution >= 4 is 12.0 Å². The van der Waals surface area contributed by atoms with E-state index in [2.05, 4.69) is 11.4 Å². The second-order valence-electron chi connectivity index (χ2n) is 10.7. The SMILES string of the molecule is COc1ccc(/C=C/C(=O)O[C@H]2C[C@]34CCN[C@@]35C[C@H](O[C@]5(OC)[C@H]2OC)c2cc3c(cc24)OCO3)cc1O. The van der Waals surface area contributed by atoms with Crippen molar-refractivity contribution in [3.8, 4) is 23.0 Å². The van der Waals surface area contributed by atoms with Crippen LogP contribution in [0.15, 0.2) is 36.4 Å². The van der Waals surface area contributed by atoms with Gasteiger partial charge in [0.15, 0.2) is 23.0 Å². The molecule has 1 saturated carbocycles. The first-order valence-corrected chi connectivity index (χ1v) is 13.1. The summed E-state index contributed by atoms with van der Waals surface area (Å²) < 4.78 is 41.8. The van der Waals surface area contributed by atoms with E-state index in [9.17, 15) is 9.90 Å². The average Bonchev–Trinajstić information content (AvgIpc) is 3.64. The first-order valence-electron chi connectivity index (χ1n) is 13.1. The molecule has 10 nitrogen and oxygen atoms in total. The molecule has 3 heterocycles. The Morgan fingerprint density at radius 2 is 1.95 bits per heavy atom. The summed E-state index contributed by atoms with van der Waals surface area (Å²) in [5.74, 6) is 0.0372. The first kappa shape index (κ1) is 24.7. The van der Waals surface area contributed by atoms with E-state index in [1.165, 1.54) is 19.3 Å². The van der Waals surface area contributed by atoms with Crippen LogP contribution in [0.4, 0.5) is 0 Å². The fraction of sp³-hybridized carbons (Fsp3) is 0.483. The molecular weight excluding hydrogens is 506 g/mol. The van der Waals surface area contributed by atoms with Crippen molar-refractivity contribution in [3.05, 3.63) is 53.1 Å². The molecule has 5 aliphatic rings. The van der Waals surface area contributed by atoms with Crippen LogP contribution in [0.3, 0.4) is 0 Å². The number of esters is 1. The third-order valence-electron chi connectivity index (χ3n) is 9.31. The number of fused-ring (bicyclic) bond motifs is 4. The minimum absolute atomic E-state index is 0.0142. The molecule has 3 fully saturated rings. The molecule has 2 saturated heterocycles. The summed E-state index contributed by atoms with van der Waals surface area (Å²) in [5.41, 5.74) is 1.79. The van der Waals surface area contributed by atoms with Crippen LogP contribution in [0.2, 0.25) is 0 Å². The second-order valence-corrected chi connectivity index (χ2v) is 10.7. The fourth-order valence-electron chi connectivity index (χ4n) is 7.85. The Hall–Kier alpha value is -3.31. The van der Waals surface area contributed by atoms with E-state index >= 15 is 0 Å². The number of hydrogen-bond acceptors (Lipinski definition) is 10. The quantitative estimate of drug-likeness (QED) is 0.421. The van der Waals surface area contributed by atoms with Crippen molar-refractivity contribution < 1.29 is 43.1 Å². The summed E-state index contributed by atoms with van der Waals surface area (Å²) in [4.78, 5) is 13.1. The summed E-state index contributed by atoms with van der Waals surface area (Å²) in [5, 5.41) is 13.8. The van der Waals surface area contributed by atoms with E-state index in [4.69, 9.17) is 33.2 Å². The van der Waals surface area contributed by atoms with Gasteiger partial charge in [-0.2, -0.15) is 0 Å². The molecular formula is C29H31NO9. The van der Waals surface area contributed by atoms with Gasteiger partial charge in [-0.3, -0.25) is 0 Å². The molecule has 0 amide bonds. The zero-order chi connectivity index (χ0) is 27.0. The number of phenolic OH excluding ortho intramolecular Hbond substituents is 1. The number of benzene rings is 2. The van der Waals surface area contributed by atoms with E-state index in [-0.39, 0.29) is 18.6 Å². The van der Waals surface area contributed by atoms with Crippen LogP contribution in [0, 0.1) is 0 Å². The average molecular weight is 538 g/mol. The molecule has 7 rings (SSSR count). The van der Waals surface area contributed by atoms with Crippen molar-refractivity contribution in [3.63, 3.8) is 0 Å². The number of nitrogens with one attached hydrogen (secondary N) is 1. The maximum atomic E-state index is 13.1. The maximum Gasteiger partial charge on any atom is 0.331 e. The topological polar surface area (TPSA) is 114 Å². The Morgan fingerprint density at radius 3 is 2.69 bits per heavy atom. The zero-order valence-electron chi connectivity index (χ0n) is 22.0. The molecule has 10 heteroatoms. The molecule has 2 aliphatic carbocycles. The largest absolute Gasteiger partial charge is 0.504 e. The van der Waals surface area contributed by atoms with Crippen LogP contribution in [0.25, 0.3) is 6.08 Å². The molecule has 39 heavy (non-hydrogen) atoms.